The minimum Gasteiger partial charge on any atom is -0.482 e. The van der Waals surface area contributed by atoms with Crippen LogP contribution in [-0.4, -0.2) is 20.9 Å². The lowest BCUT2D eigenvalue weighted by molar-refractivity contribution is -0.118. The van der Waals surface area contributed by atoms with Gasteiger partial charge in [0.2, 0.25) is 10.0 Å². The standard InChI is InChI=1S/C25H27ClN2O4S/c1-17(2)21-11-7-8-18(3)25(21)28-24(29)16-32-23-13-12-20(14-22(23)26)33(30,31)27-15-19-9-5-4-6-10-19/h4-14,17,27H,15-16H2,1-3H3,(H,28,29). The summed E-state index contributed by atoms with van der Waals surface area (Å²) in [6.07, 6.45) is 0. The van der Waals surface area contributed by atoms with Crippen molar-refractivity contribution in [1.82, 2.24) is 4.72 Å². The summed E-state index contributed by atoms with van der Waals surface area (Å²) < 4.78 is 33.3. The number of ether oxygens (including phenoxy) is 1. The third-order valence-corrected chi connectivity index (χ3v) is 6.77. The van der Waals surface area contributed by atoms with E-state index in [0.29, 0.717) is 0 Å². The van der Waals surface area contributed by atoms with E-state index in [1.807, 2.05) is 55.5 Å². The fourth-order valence-corrected chi connectivity index (χ4v) is 4.63. The molecule has 0 saturated carbocycles. The molecule has 0 heterocycles. The van der Waals surface area contributed by atoms with Gasteiger partial charge in [0.25, 0.3) is 5.91 Å². The van der Waals surface area contributed by atoms with E-state index in [2.05, 4.69) is 23.9 Å². The van der Waals surface area contributed by atoms with Crippen LogP contribution in [0.5, 0.6) is 5.75 Å². The Morgan fingerprint density at radius 1 is 1.03 bits per heavy atom. The molecule has 0 aromatic heterocycles. The maximum absolute atomic E-state index is 12.6. The fourth-order valence-electron chi connectivity index (χ4n) is 3.28. The zero-order chi connectivity index (χ0) is 24.0. The number of hydrogen-bond acceptors (Lipinski definition) is 4. The van der Waals surface area contributed by atoms with Crippen molar-refractivity contribution in [2.45, 2.75) is 38.1 Å². The minimum atomic E-state index is -3.76. The van der Waals surface area contributed by atoms with Gasteiger partial charge in [-0.2, -0.15) is 0 Å². The van der Waals surface area contributed by atoms with Crippen molar-refractivity contribution in [2.75, 3.05) is 11.9 Å². The molecular weight excluding hydrogens is 460 g/mol. The normalized spacial score (nSPS) is 11.4. The Hall–Kier alpha value is -2.87. The summed E-state index contributed by atoms with van der Waals surface area (Å²) in [5.41, 5.74) is 3.62. The van der Waals surface area contributed by atoms with Gasteiger partial charge in [-0.05, 0) is 47.7 Å². The van der Waals surface area contributed by atoms with E-state index in [-0.39, 0.29) is 40.6 Å². The third kappa shape index (κ3) is 6.57. The van der Waals surface area contributed by atoms with E-state index in [1.165, 1.54) is 18.2 Å². The van der Waals surface area contributed by atoms with Crippen LogP contribution in [0, 0.1) is 6.92 Å². The largest absolute Gasteiger partial charge is 0.482 e. The van der Waals surface area contributed by atoms with Gasteiger partial charge in [-0.25, -0.2) is 13.1 Å². The van der Waals surface area contributed by atoms with Crippen molar-refractivity contribution in [3.63, 3.8) is 0 Å². The average molecular weight is 487 g/mol. The van der Waals surface area contributed by atoms with E-state index in [1.54, 1.807) is 0 Å². The molecule has 6 nitrogen and oxygen atoms in total. The van der Waals surface area contributed by atoms with Crippen molar-refractivity contribution in [1.29, 1.82) is 0 Å². The van der Waals surface area contributed by atoms with Crippen LogP contribution in [0.2, 0.25) is 5.02 Å². The zero-order valence-electron chi connectivity index (χ0n) is 18.8. The first-order chi connectivity index (χ1) is 15.7. The molecule has 33 heavy (non-hydrogen) atoms. The summed E-state index contributed by atoms with van der Waals surface area (Å²) in [5.74, 6) is 0.145. The zero-order valence-corrected chi connectivity index (χ0v) is 20.3. The molecule has 2 N–H and O–H groups in total. The summed E-state index contributed by atoms with van der Waals surface area (Å²) >= 11 is 6.24. The van der Waals surface area contributed by atoms with Gasteiger partial charge in [0.1, 0.15) is 5.75 Å². The van der Waals surface area contributed by atoms with Crippen molar-refractivity contribution < 1.29 is 17.9 Å². The van der Waals surface area contributed by atoms with Crippen LogP contribution in [0.25, 0.3) is 0 Å². The quantitative estimate of drug-likeness (QED) is 0.431. The molecule has 0 fully saturated rings. The molecule has 3 aromatic rings. The number of halogens is 1. The average Bonchev–Trinajstić information content (AvgIpc) is 2.78. The minimum absolute atomic E-state index is 0.0155. The molecule has 0 aliphatic carbocycles. The number of aryl methyl sites for hydroxylation is 1. The van der Waals surface area contributed by atoms with Gasteiger partial charge in [0.15, 0.2) is 6.61 Å². The first-order valence-corrected chi connectivity index (χ1v) is 12.4. The Morgan fingerprint density at radius 3 is 2.42 bits per heavy atom. The van der Waals surface area contributed by atoms with Crippen molar-refractivity contribution in [3.05, 3.63) is 88.4 Å². The molecule has 0 radical (unpaired) electrons. The van der Waals surface area contributed by atoms with E-state index in [4.69, 9.17) is 16.3 Å². The molecule has 0 atom stereocenters. The highest BCUT2D eigenvalue weighted by atomic mass is 35.5. The Balaban J connectivity index is 1.63. The highest BCUT2D eigenvalue weighted by Gasteiger charge is 2.17. The van der Waals surface area contributed by atoms with Gasteiger partial charge in [-0.15, -0.1) is 0 Å². The number of hydrogen-bond donors (Lipinski definition) is 2. The molecule has 174 valence electrons. The number of rotatable bonds is 9. The number of para-hydroxylation sites is 1. The molecule has 3 aromatic carbocycles. The predicted octanol–water partition coefficient (Wildman–Crippen LogP) is 5.27. The lowest BCUT2D eigenvalue weighted by Gasteiger charge is -2.17. The Kier molecular flexibility index (Phi) is 8.13. The number of benzene rings is 3. The van der Waals surface area contributed by atoms with Crippen LogP contribution in [0.3, 0.4) is 0 Å². The summed E-state index contributed by atoms with van der Waals surface area (Å²) in [4.78, 5) is 12.5. The first kappa shape index (κ1) is 24.8. The van der Waals surface area contributed by atoms with Gasteiger partial charge >= 0.3 is 0 Å². The summed E-state index contributed by atoms with van der Waals surface area (Å²) in [6.45, 7) is 5.96. The van der Waals surface area contributed by atoms with Gasteiger partial charge in [-0.3, -0.25) is 4.79 Å². The molecule has 8 heteroatoms. The lowest BCUT2D eigenvalue weighted by atomic mass is 9.98. The second-order valence-corrected chi connectivity index (χ2v) is 10.1. The molecular formula is C25H27ClN2O4S. The molecule has 0 unspecified atom stereocenters. The number of sulfonamides is 1. The van der Waals surface area contributed by atoms with Crippen LogP contribution in [-0.2, 0) is 21.4 Å². The number of nitrogens with one attached hydrogen (secondary N) is 2. The molecule has 0 saturated heterocycles. The third-order valence-electron chi connectivity index (χ3n) is 5.07. The summed E-state index contributed by atoms with van der Waals surface area (Å²) in [7, 11) is -3.76. The van der Waals surface area contributed by atoms with Crippen LogP contribution < -0.4 is 14.8 Å². The summed E-state index contributed by atoms with van der Waals surface area (Å²) in [5, 5.41) is 3.01. The summed E-state index contributed by atoms with van der Waals surface area (Å²) in [6, 6.07) is 19.2. The van der Waals surface area contributed by atoms with Gasteiger partial charge in [-0.1, -0.05) is 74.0 Å². The van der Waals surface area contributed by atoms with Crippen LogP contribution in [0.4, 0.5) is 5.69 Å². The van der Waals surface area contributed by atoms with Gasteiger partial charge in [0, 0.05) is 12.2 Å². The molecule has 1 amide bonds. The fraction of sp³-hybridized carbons (Fsp3) is 0.240. The maximum atomic E-state index is 12.6. The van der Waals surface area contributed by atoms with Crippen LogP contribution in [0.1, 0.15) is 36.5 Å². The Morgan fingerprint density at radius 2 is 1.76 bits per heavy atom. The predicted molar refractivity (Wildman–Crippen MR) is 131 cm³/mol. The topological polar surface area (TPSA) is 84.5 Å². The molecule has 3 rings (SSSR count). The highest BCUT2D eigenvalue weighted by molar-refractivity contribution is 7.89. The van der Waals surface area contributed by atoms with Crippen molar-refractivity contribution in [3.8, 4) is 5.75 Å². The Bertz CT molecular complexity index is 1230. The SMILES string of the molecule is Cc1cccc(C(C)C)c1NC(=O)COc1ccc(S(=O)(=O)NCc2ccccc2)cc1Cl. The molecule has 0 bridgehead atoms. The number of carbonyl (C=O) groups is 1. The van der Waals surface area contributed by atoms with Crippen LogP contribution in [0.15, 0.2) is 71.6 Å². The van der Waals surface area contributed by atoms with E-state index >= 15 is 0 Å². The number of amides is 1. The smallest absolute Gasteiger partial charge is 0.262 e. The molecule has 0 aliphatic heterocycles. The number of anilines is 1. The second-order valence-electron chi connectivity index (χ2n) is 7.93. The lowest BCUT2D eigenvalue weighted by Crippen LogP contribution is -2.23. The van der Waals surface area contributed by atoms with E-state index in [9.17, 15) is 13.2 Å². The van der Waals surface area contributed by atoms with Crippen LogP contribution >= 0.6 is 11.6 Å². The first-order valence-electron chi connectivity index (χ1n) is 10.5. The van der Waals surface area contributed by atoms with E-state index < -0.39 is 10.0 Å². The molecule has 0 aliphatic rings. The monoisotopic (exact) mass is 486 g/mol. The second kappa shape index (κ2) is 10.8. The number of carbonyl (C=O) groups excluding carboxylic acids is 1. The molecule has 0 spiro atoms. The highest BCUT2D eigenvalue weighted by Crippen LogP contribution is 2.29. The van der Waals surface area contributed by atoms with Gasteiger partial charge in [0.05, 0.1) is 9.92 Å². The maximum Gasteiger partial charge on any atom is 0.262 e. The van der Waals surface area contributed by atoms with Gasteiger partial charge < -0.3 is 10.1 Å². The Labute approximate surface area is 200 Å². The van der Waals surface area contributed by atoms with Crippen molar-refractivity contribution >= 4 is 33.2 Å². The van der Waals surface area contributed by atoms with E-state index in [0.717, 1.165) is 22.4 Å². The van der Waals surface area contributed by atoms with Crippen molar-refractivity contribution in [2.24, 2.45) is 0 Å².